The van der Waals surface area contributed by atoms with Crippen LogP contribution in [0.1, 0.15) is 34.6 Å². The molecule has 4 nitrogen and oxygen atoms in total. The van der Waals surface area contributed by atoms with Crippen LogP contribution in [0.4, 0.5) is 0 Å². The van der Waals surface area contributed by atoms with E-state index >= 15 is 0 Å². The molecule has 2 aromatic carbocycles. The third-order valence-electron chi connectivity index (χ3n) is 3.24. The number of benzene rings is 2. The van der Waals surface area contributed by atoms with Crippen LogP contribution in [0, 0.1) is 7.14 Å². The van der Waals surface area contributed by atoms with Crippen molar-refractivity contribution in [3.63, 3.8) is 0 Å². The van der Waals surface area contributed by atoms with E-state index in [-0.39, 0.29) is 0 Å². The van der Waals surface area contributed by atoms with Gasteiger partial charge in [-0.3, -0.25) is 0 Å². The largest absolute Gasteiger partial charge is 0.462 e. The van der Waals surface area contributed by atoms with Gasteiger partial charge < -0.3 is 9.47 Å². The van der Waals surface area contributed by atoms with E-state index in [1.54, 1.807) is 26.0 Å². The Balaban J connectivity index is 2.64. The van der Waals surface area contributed by atoms with E-state index in [4.69, 9.17) is 9.47 Å². The molecule has 0 bridgehead atoms. The Hall–Kier alpha value is -1.16. The average Bonchev–Trinajstić information content (AvgIpc) is 2.55. The van der Waals surface area contributed by atoms with E-state index in [9.17, 15) is 9.59 Å². The zero-order valence-corrected chi connectivity index (χ0v) is 17.6. The number of esters is 2. The number of rotatable bonds is 5. The van der Waals surface area contributed by atoms with Crippen LogP contribution in [0.15, 0.2) is 36.4 Å². The van der Waals surface area contributed by atoms with Crippen molar-refractivity contribution in [2.24, 2.45) is 0 Å². The molecule has 0 aliphatic heterocycles. The van der Waals surface area contributed by atoms with E-state index in [2.05, 4.69) is 45.2 Å². The van der Waals surface area contributed by atoms with Crippen molar-refractivity contribution < 1.29 is 19.1 Å². The van der Waals surface area contributed by atoms with Gasteiger partial charge in [0, 0.05) is 7.14 Å². The maximum atomic E-state index is 12.3. The molecule has 0 N–H and O–H groups in total. The Morgan fingerprint density at radius 2 is 1.17 bits per heavy atom. The van der Waals surface area contributed by atoms with Gasteiger partial charge in [0.1, 0.15) is 0 Å². The summed E-state index contributed by atoms with van der Waals surface area (Å²) < 4.78 is 12.2. The molecule has 6 heteroatoms. The Morgan fingerprint density at radius 1 is 0.792 bits per heavy atom. The van der Waals surface area contributed by atoms with E-state index in [1.165, 1.54) is 0 Å². The molecule has 0 amide bonds. The number of carbonyl (C=O) groups excluding carboxylic acids is 2. The number of ether oxygens (including phenoxy) is 2. The zero-order valence-electron chi connectivity index (χ0n) is 13.3. The Bertz CT molecular complexity index is 706. The first kappa shape index (κ1) is 19.2. The van der Waals surface area contributed by atoms with Crippen molar-refractivity contribution in [2.75, 3.05) is 13.2 Å². The Morgan fingerprint density at radius 3 is 1.50 bits per heavy atom. The van der Waals surface area contributed by atoms with Gasteiger partial charge in [-0.05, 0) is 94.4 Å². The van der Waals surface area contributed by atoms with Crippen molar-refractivity contribution in [1.29, 1.82) is 0 Å². The van der Waals surface area contributed by atoms with E-state index in [0.717, 1.165) is 7.14 Å². The van der Waals surface area contributed by atoms with Gasteiger partial charge in [-0.15, -0.1) is 0 Å². The van der Waals surface area contributed by atoms with Gasteiger partial charge in [-0.2, -0.15) is 0 Å². The molecular formula is C18H16I2O4. The van der Waals surface area contributed by atoms with Crippen LogP contribution in [0.5, 0.6) is 0 Å². The van der Waals surface area contributed by atoms with Crippen LogP contribution in [-0.2, 0) is 9.47 Å². The SMILES string of the molecule is CCOC(=O)c1cc(I)ccc1-c1ccc(I)cc1C(=O)OCC. The van der Waals surface area contributed by atoms with Crippen LogP contribution < -0.4 is 0 Å². The smallest absolute Gasteiger partial charge is 0.338 e. The van der Waals surface area contributed by atoms with Crippen molar-refractivity contribution >= 4 is 57.1 Å². The second-order valence-corrected chi connectivity index (χ2v) is 7.31. The summed E-state index contributed by atoms with van der Waals surface area (Å²) in [5.41, 5.74) is 2.20. The first-order chi connectivity index (χ1) is 11.5. The van der Waals surface area contributed by atoms with Gasteiger partial charge in [-0.1, -0.05) is 12.1 Å². The highest BCUT2D eigenvalue weighted by Gasteiger charge is 2.20. The van der Waals surface area contributed by atoms with Crippen molar-refractivity contribution in [1.82, 2.24) is 0 Å². The molecule has 0 unspecified atom stereocenters. The first-order valence-corrected chi connectivity index (χ1v) is 9.57. The second kappa shape index (κ2) is 8.80. The first-order valence-electron chi connectivity index (χ1n) is 7.41. The molecule has 0 saturated carbocycles. The molecule has 0 spiro atoms. The summed E-state index contributed by atoms with van der Waals surface area (Å²) in [7, 11) is 0. The van der Waals surface area contributed by atoms with Crippen LogP contribution >= 0.6 is 45.2 Å². The fourth-order valence-corrected chi connectivity index (χ4v) is 3.24. The molecule has 2 aromatic rings. The summed E-state index contributed by atoms with van der Waals surface area (Å²) >= 11 is 4.29. The number of halogens is 2. The minimum atomic E-state index is -0.403. The number of carbonyl (C=O) groups is 2. The third-order valence-corrected chi connectivity index (χ3v) is 4.59. The lowest BCUT2D eigenvalue weighted by molar-refractivity contribution is 0.0515. The van der Waals surface area contributed by atoms with Gasteiger partial charge >= 0.3 is 11.9 Å². The lowest BCUT2D eigenvalue weighted by Crippen LogP contribution is -2.10. The number of hydrogen-bond donors (Lipinski definition) is 0. The molecule has 0 aliphatic carbocycles. The van der Waals surface area contributed by atoms with Crippen molar-refractivity contribution in [3.05, 3.63) is 54.7 Å². The minimum absolute atomic E-state index is 0.293. The highest BCUT2D eigenvalue weighted by molar-refractivity contribution is 14.1. The summed E-state index contributed by atoms with van der Waals surface area (Å²) in [5, 5.41) is 0. The predicted molar refractivity (Wildman–Crippen MR) is 109 cm³/mol. The molecule has 0 heterocycles. The van der Waals surface area contributed by atoms with Gasteiger partial charge in [0.15, 0.2) is 0 Å². The lowest BCUT2D eigenvalue weighted by atomic mass is 9.95. The predicted octanol–water partition coefficient (Wildman–Crippen LogP) is 4.92. The standard InChI is InChI=1S/C18H16I2O4/c1-3-23-17(21)15-9-11(19)5-7-13(15)14-8-6-12(20)10-16(14)18(22)24-4-2/h5-10H,3-4H2,1-2H3. The van der Waals surface area contributed by atoms with Crippen molar-refractivity contribution in [2.45, 2.75) is 13.8 Å². The summed E-state index contributed by atoms with van der Waals surface area (Å²) in [6.45, 7) is 4.11. The number of hydrogen-bond acceptors (Lipinski definition) is 4. The summed E-state index contributed by atoms with van der Waals surface area (Å²) in [6, 6.07) is 11.0. The van der Waals surface area contributed by atoms with Gasteiger partial charge in [0.25, 0.3) is 0 Å². The van der Waals surface area contributed by atoms with Crippen LogP contribution in [-0.4, -0.2) is 25.2 Å². The third kappa shape index (κ3) is 4.47. The summed E-state index contributed by atoms with van der Waals surface area (Å²) in [6.07, 6.45) is 0. The molecule has 0 atom stereocenters. The topological polar surface area (TPSA) is 52.6 Å². The highest BCUT2D eigenvalue weighted by Crippen LogP contribution is 2.31. The molecule has 0 aliphatic rings. The van der Waals surface area contributed by atoms with E-state index < -0.39 is 11.9 Å². The van der Waals surface area contributed by atoms with Crippen LogP contribution in [0.2, 0.25) is 0 Å². The normalized spacial score (nSPS) is 10.3. The molecule has 0 fully saturated rings. The van der Waals surface area contributed by atoms with Crippen LogP contribution in [0.25, 0.3) is 11.1 Å². The maximum Gasteiger partial charge on any atom is 0.338 e. The molecule has 0 saturated heterocycles. The van der Waals surface area contributed by atoms with Gasteiger partial charge in [0.05, 0.1) is 24.3 Å². The fraction of sp³-hybridized carbons (Fsp3) is 0.222. The molecule has 0 radical (unpaired) electrons. The molecule has 0 aromatic heterocycles. The van der Waals surface area contributed by atoms with Crippen molar-refractivity contribution in [3.8, 4) is 11.1 Å². The molecular weight excluding hydrogens is 534 g/mol. The summed E-state index contributed by atoms with van der Waals surface area (Å²) in [4.78, 5) is 24.6. The highest BCUT2D eigenvalue weighted by atomic mass is 127. The fourth-order valence-electron chi connectivity index (χ4n) is 2.26. The van der Waals surface area contributed by atoms with E-state index in [0.29, 0.717) is 35.5 Å². The van der Waals surface area contributed by atoms with Crippen LogP contribution in [0.3, 0.4) is 0 Å². The Kier molecular flexibility index (Phi) is 7.02. The summed E-state index contributed by atoms with van der Waals surface area (Å²) in [5.74, 6) is -0.807. The molecule has 126 valence electrons. The van der Waals surface area contributed by atoms with Gasteiger partial charge in [-0.25, -0.2) is 9.59 Å². The second-order valence-electron chi connectivity index (χ2n) is 4.82. The van der Waals surface area contributed by atoms with Gasteiger partial charge in [0.2, 0.25) is 0 Å². The Labute approximate surface area is 168 Å². The minimum Gasteiger partial charge on any atom is -0.462 e. The average molecular weight is 550 g/mol. The zero-order chi connectivity index (χ0) is 17.7. The maximum absolute atomic E-state index is 12.3. The molecule has 24 heavy (non-hydrogen) atoms. The molecule has 2 rings (SSSR count). The lowest BCUT2D eigenvalue weighted by Gasteiger charge is -2.14. The quantitative estimate of drug-likeness (QED) is 0.392. The monoisotopic (exact) mass is 550 g/mol. The van der Waals surface area contributed by atoms with E-state index in [1.807, 2.05) is 24.3 Å².